The molecule has 27 heavy (non-hydrogen) atoms. The van der Waals surface area contributed by atoms with Gasteiger partial charge in [0.15, 0.2) is 0 Å². The van der Waals surface area contributed by atoms with Gasteiger partial charge in [0.25, 0.3) is 5.91 Å². The molecule has 0 aliphatic heterocycles. The van der Waals surface area contributed by atoms with Gasteiger partial charge in [-0.2, -0.15) is 0 Å². The molecule has 2 aromatic rings. The van der Waals surface area contributed by atoms with Crippen molar-refractivity contribution in [2.24, 2.45) is 0 Å². The second-order valence-electron chi connectivity index (χ2n) is 6.44. The predicted octanol–water partition coefficient (Wildman–Crippen LogP) is 3.28. The van der Waals surface area contributed by atoms with E-state index in [0.29, 0.717) is 11.3 Å². The monoisotopic (exact) mass is 390 g/mol. The van der Waals surface area contributed by atoms with Crippen molar-refractivity contribution >= 4 is 21.6 Å². The zero-order valence-electron chi connectivity index (χ0n) is 16.3. The Labute approximate surface area is 161 Å². The zero-order chi connectivity index (χ0) is 20.2. The summed E-state index contributed by atoms with van der Waals surface area (Å²) in [6.07, 6.45) is 1.86. The number of benzene rings is 2. The highest BCUT2D eigenvalue weighted by atomic mass is 32.2. The first-order chi connectivity index (χ1) is 12.7. The smallest absolute Gasteiger partial charge is 0.251 e. The van der Waals surface area contributed by atoms with E-state index in [4.69, 9.17) is 4.74 Å². The minimum atomic E-state index is -3.41. The number of amides is 1. The van der Waals surface area contributed by atoms with E-state index in [2.05, 4.69) is 5.32 Å². The Morgan fingerprint density at radius 1 is 1.19 bits per heavy atom. The molecule has 2 aromatic carbocycles. The first-order valence-corrected chi connectivity index (χ1v) is 10.5. The molecule has 1 atom stereocenters. The van der Waals surface area contributed by atoms with Gasteiger partial charge in [-0.05, 0) is 48.7 Å². The van der Waals surface area contributed by atoms with Crippen LogP contribution in [0.2, 0.25) is 0 Å². The standard InChI is InChI=1S/C20H26N2O4S/c1-6-18(15-9-11-17(26-4)12-10-15)21-20(23)16-8-7-14(2)19(13-16)22(3)27(5,24)25/h7-13,18H,6H2,1-5H3,(H,21,23). The molecule has 0 bridgehead atoms. The maximum atomic E-state index is 12.7. The van der Waals surface area contributed by atoms with Gasteiger partial charge in [0.2, 0.25) is 10.0 Å². The van der Waals surface area contributed by atoms with Crippen molar-refractivity contribution in [1.82, 2.24) is 5.32 Å². The number of methoxy groups -OCH3 is 1. The minimum absolute atomic E-state index is 0.152. The summed E-state index contributed by atoms with van der Waals surface area (Å²) in [5, 5.41) is 3.01. The number of hydrogen-bond acceptors (Lipinski definition) is 4. The SMILES string of the molecule is CCC(NC(=O)c1ccc(C)c(N(C)S(C)(=O)=O)c1)c1ccc(OC)cc1. The van der Waals surface area contributed by atoms with Crippen LogP contribution in [0.4, 0.5) is 5.69 Å². The Balaban J connectivity index is 2.25. The number of anilines is 1. The van der Waals surface area contributed by atoms with E-state index in [1.807, 2.05) is 38.1 Å². The second kappa shape index (κ2) is 8.43. The highest BCUT2D eigenvalue weighted by molar-refractivity contribution is 7.92. The van der Waals surface area contributed by atoms with Gasteiger partial charge in [0.05, 0.1) is 25.1 Å². The van der Waals surface area contributed by atoms with Crippen LogP contribution < -0.4 is 14.4 Å². The van der Waals surface area contributed by atoms with E-state index in [9.17, 15) is 13.2 Å². The number of sulfonamides is 1. The first kappa shape index (κ1) is 20.8. The van der Waals surface area contributed by atoms with Crippen LogP contribution in [0.15, 0.2) is 42.5 Å². The summed E-state index contributed by atoms with van der Waals surface area (Å²) < 4.78 is 30.0. The van der Waals surface area contributed by atoms with Crippen molar-refractivity contribution < 1.29 is 17.9 Å². The van der Waals surface area contributed by atoms with Crippen molar-refractivity contribution in [2.45, 2.75) is 26.3 Å². The van der Waals surface area contributed by atoms with Crippen LogP contribution in [-0.4, -0.2) is 34.7 Å². The molecule has 0 heterocycles. The molecule has 0 aromatic heterocycles. The number of rotatable bonds is 7. The van der Waals surface area contributed by atoms with E-state index >= 15 is 0 Å². The lowest BCUT2D eigenvalue weighted by Crippen LogP contribution is -2.29. The number of ether oxygens (including phenoxy) is 1. The van der Waals surface area contributed by atoms with E-state index in [1.165, 1.54) is 11.4 Å². The fourth-order valence-corrected chi connectivity index (χ4v) is 3.32. The summed E-state index contributed by atoms with van der Waals surface area (Å²) in [5.74, 6) is 0.507. The Morgan fingerprint density at radius 3 is 2.33 bits per heavy atom. The number of carbonyl (C=O) groups is 1. The van der Waals surface area contributed by atoms with Crippen LogP contribution in [-0.2, 0) is 10.0 Å². The largest absolute Gasteiger partial charge is 0.497 e. The third-order valence-electron chi connectivity index (χ3n) is 4.54. The molecule has 146 valence electrons. The zero-order valence-corrected chi connectivity index (χ0v) is 17.1. The molecule has 0 aliphatic carbocycles. The average molecular weight is 391 g/mol. The average Bonchev–Trinajstić information content (AvgIpc) is 2.65. The molecule has 1 N–H and O–H groups in total. The molecule has 0 aliphatic rings. The molecule has 1 unspecified atom stereocenters. The molecule has 0 saturated heterocycles. The number of nitrogens with one attached hydrogen (secondary N) is 1. The molecular formula is C20H26N2O4S. The summed E-state index contributed by atoms with van der Waals surface area (Å²) in [5.41, 5.74) is 2.66. The number of carbonyl (C=O) groups excluding carboxylic acids is 1. The maximum Gasteiger partial charge on any atom is 0.251 e. The van der Waals surface area contributed by atoms with Crippen LogP contribution in [0.5, 0.6) is 5.75 Å². The fraction of sp³-hybridized carbons (Fsp3) is 0.350. The van der Waals surface area contributed by atoms with Crippen molar-refractivity contribution in [3.05, 3.63) is 59.2 Å². The van der Waals surface area contributed by atoms with Crippen LogP contribution in [0.3, 0.4) is 0 Å². The molecule has 0 spiro atoms. The van der Waals surface area contributed by atoms with Gasteiger partial charge in [0.1, 0.15) is 5.75 Å². The maximum absolute atomic E-state index is 12.7. The summed E-state index contributed by atoms with van der Waals surface area (Å²) in [4.78, 5) is 12.7. The lowest BCUT2D eigenvalue weighted by molar-refractivity contribution is 0.0935. The van der Waals surface area contributed by atoms with E-state index in [1.54, 1.807) is 25.3 Å². The van der Waals surface area contributed by atoms with Crippen LogP contribution in [0.1, 0.15) is 40.9 Å². The van der Waals surface area contributed by atoms with Gasteiger partial charge in [-0.15, -0.1) is 0 Å². The lowest BCUT2D eigenvalue weighted by atomic mass is 10.0. The third kappa shape index (κ3) is 5.01. The van der Waals surface area contributed by atoms with E-state index in [-0.39, 0.29) is 11.9 Å². The van der Waals surface area contributed by atoms with Gasteiger partial charge < -0.3 is 10.1 Å². The van der Waals surface area contributed by atoms with Crippen molar-refractivity contribution in [3.8, 4) is 5.75 Å². The van der Waals surface area contributed by atoms with Crippen LogP contribution in [0, 0.1) is 6.92 Å². The quantitative estimate of drug-likeness (QED) is 0.787. The van der Waals surface area contributed by atoms with Crippen molar-refractivity contribution in [2.75, 3.05) is 24.7 Å². The summed E-state index contributed by atoms with van der Waals surface area (Å²) >= 11 is 0. The predicted molar refractivity (Wildman–Crippen MR) is 108 cm³/mol. The van der Waals surface area contributed by atoms with Crippen LogP contribution >= 0.6 is 0 Å². The van der Waals surface area contributed by atoms with Crippen molar-refractivity contribution in [1.29, 1.82) is 0 Å². The fourth-order valence-electron chi connectivity index (χ4n) is 2.77. The first-order valence-electron chi connectivity index (χ1n) is 8.66. The van der Waals surface area contributed by atoms with Gasteiger partial charge in [-0.25, -0.2) is 8.42 Å². The highest BCUT2D eigenvalue weighted by Crippen LogP contribution is 2.24. The molecule has 6 nitrogen and oxygen atoms in total. The van der Waals surface area contributed by atoms with Crippen LogP contribution in [0.25, 0.3) is 0 Å². The Bertz CT molecular complexity index is 908. The van der Waals surface area contributed by atoms with E-state index < -0.39 is 10.0 Å². The summed E-state index contributed by atoms with van der Waals surface area (Å²) in [6.45, 7) is 3.80. The summed E-state index contributed by atoms with van der Waals surface area (Å²) in [7, 11) is -0.323. The Hall–Kier alpha value is -2.54. The lowest BCUT2D eigenvalue weighted by Gasteiger charge is -2.21. The third-order valence-corrected chi connectivity index (χ3v) is 5.73. The second-order valence-corrected chi connectivity index (χ2v) is 8.45. The number of nitrogens with zero attached hydrogens (tertiary/aromatic N) is 1. The van der Waals surface area contributed by atoms with Gasteiger partial charge in [0, 0.05) is 12.6 Å². The van der Waals surface area contributed by atoms with Gasteiger partial charge in [-0.3, -0.25) is 9.10 Å². The highest BCUT2D eigenvalue weighted by Gasteiger charge is 2.18. The normalized spacial score (nSPS) is 12.3. The van der Waals surface area contributed by atoms with Crippen molar-refractivity contribution in [3.63, 3.8) is 0 Å². The molecule has 2 rings (SSSR count). The van der Waals surface area contributed by atoms with E-state index in [0.717, 1.165) is 29.6 Å². The summed E-state index contributed by atoms with van der Waals surface area (Å²) in [6, 6.07) is 12.5. The van der Waals surface area contributed by atoms with Gasteiger partial charge >= 0.3 is 0 Å². The number of aryl methyl sites for hydroxylation is 1. The topological polar surface area (TPSA) is 75.7 Å². The number of hydrogen-bond donors (Lipinski definition) is 1. The molecule has 1 amide bonds. The Morgan fingerprint density at radius 2 is 1.81 bits per heavy atom. The van der Waals surface area contributed by atoms with Gasteiger partial charge in [-0.1, -0.05) is 25.1 Å². The Kier molecular flexibility index (Phi) is 6.49. The molecule has 0 saturated carbocycles. The molecule has 7 heteroatoms. The minimum Gasteiger partial charge on any atom is -0.497 e. The molecule has 0 fully saturated rings. The molecule has 0 radical (unpaired) electrons. The molecular weight excluding hydrogens is 364 g/mol.